The van der Waals surface area contributed by atoms with E-state index in [1.165, 1.54) is 0 Å². The number of carbonyl (C=O) groups is 2. The van der Waals surface area contributed by atoms with Crippen LogP contribution in [0.4, 0.5) is 11.4 Å². The van der Waals surface area contributed by atoms with Crippen LogP contribution < -0.4 is 10.2 Å². The molecule has 2 aromatic rings. The number of benzene rings is 2. The molecule has 0 spiro atoms. The molecule has 0 fully saturated rings. The molecular formula is C20H20ClN3O3. The van der Waals surface area contributed by atoms with Gasteiger partial charge in [-0.05, 0) is 49.1 Å². The van der Waals surface area contributed by atoms with Gasteiger partial charge in [-0.15, -0.1) is 0 Å². The molecule has 7 heteroatoms. The van der Waals surface area contributed by atoms with Crippen molar-refractivity contribution in [3.63, 3.8) is 0 Å². The number of halogens is 1. The lowest BCUT2D eigenvalue weighted by Gasteiger charge is -2.16. The van der Waals surface area contributed by atoms with Crippen LogP contribution in [0.5, 0.6) is 0 Å². The summed E-state index contributed by atoms with van der Waals surface area (Å²) < 4.78 is 0. The van der Waals surface area contributed by atoms with E-state index < -0.39 is 5.91 Å². The molecule has 0 unspecified atom stereocenters. The molecule has 0 atom stereocenters. The van der Waals surface area contributed by atoms with Gasteiger partial charge in [0.15, 0.2) is 6.61 Å². The van der Waals surface area contributed by atoms with Gasteiger partial charge in [0.2, 0.25) is 0 Å². The zero-order chi connectivity index (χ0) is 19.4. The summed E-state index contributed by atoms with van der Waals surface area (Å²) in [5, 5.41) is 6.71. The second-order valence-electron chi connectivity index (χ2n) is 6.36. The fourth-order valence-electron chi connectivity index (χ4n) is 3.08. The molecule has 3 rings (SSSR count). The highest BCUT2D eigenvalue weighted by molar-refractivity contribution is 6.37. The predicted octanol–water partition coefficient (Wildman–Crippen LogP) is 3.49. The van der Waals surface area contributed by atoms with Crippen LogP contribution in [0.3, 0.4) is 0 Å². The van der Waals surface area contributed by atoms with Crippen molar-refractivity contribution in [1.82, 2.24) is 0 Å². The van der Waals surface area contributed by atoms with Crippen molar-refractivity contribution in [1.29, 1.82) is 0 Å². The number of nitrogens with zero attached hydrogens (tertiary/aromatic N) is 2. The fourth-order valence-corrected chi connectivity index (χ4v) is 3.45. The smallest absolute Gasteiger partial charge is 0.270 e. The van der Waals surface area contributed by atoms with E-state index in [9.17, 15) is 9.59 Å². The Labute approximate surface area is 162 Å². The van der Waals surface area contributed by atoms with Crippen molar-refractivity contribution in [2.75, 3.05) is 23.4 Å². The third kappa shape index (κ3) is 4.46. The first-order valence-corrected chi connectivity index (χ1v) is 8.95. The topological polar surface area (TPSA) is 71.0 Å². The molecule has 0 aromatic heterocycles. The SMILES string of the molecule is Cc1cc(C)c(NC(=O)/C=N/OCC(=O)N2CCc3ccccc32)c(Cl)c1. The van der Waals surface area contributed by atoms with Crippen LogP contribution in [0.25, 0.3) is 0 Å². The summed E-state index contributed by atoms with van der Waals surface area (Å²) in [4.78, 5) is 30.9. The van der Waals surface area contributed by atoms with Crippen LogP contribution in [0.15, 0.2) is 41.6 Å². The number of nitrogens with one attached hydrogen (secondary N) is 1. The summed E-state index contributed by atoms with van der Waals surface area (Å²) in [6.45, 7) is 4.17. The average molecular weight is 386 g/mol. The first kappa shape index (κ1) is 18.9. The third-order valence-corrected chi connectivity index (χ3v) is 4.60. The zero-order valence-corrected chi connectivity index (χ0v) is 15.9. The summed E-state index contributed by atoms with van der Waals surface area (Å²) in [5.41, 5.74) is 4.43. The molecule has 6 nitrogen and oxygen atoms in total. The van der Waals surface area contributed by atoms with E-state index in [1.807, 2.05) is 44.2 Å². The van der Waals surface area contributed by atoms with Crippen LogP contribution in [0.2, 0.25) is 5.02 Å². The number of para-hydroxylation sites is 1. The van der Waals surface area contributed by atoms with Gasteiger partial charge in [-0.2, -0.15) is 0 Å². The Morgan fingerprint density at radius 3 is 2.85 bits per heavy atom. The van der Waals surface area contributed by atoms with Crippen molar-refractivity contribution in [3.8, 4) is 0 Å². The second-order valence-corrected chi connectivity index (χ2v) is 6.77. The lowest BCUT2D eigenvalue weighted by molar-refractivity contribution is -0.123. The molecule has 1 heterocycles. The second kappa shape index (κ2) is 8.22. The monoisotopic (exact) mass is 385 g/mol. The predicted molar refractivity (Wildman–Crippen MR) is 106 cm³/mol. The quantitative estimate of drug-likeness (QED) is 0.632. The molecule has 2 aromatic carbocycles. The van der Waals surface area contributed by atoms with Crippen molar-refractivity contribution in [2.45, 2.75) is 20.3 Å². The summed E-state index contributed by atoms with van der Waals surface area (Å²) in [6.07, 6.45) is 1.81. The Balaban J connectivity index is 1.51. The van der Waals surface area contributed by atoms with Gasteiger partial charge in [-0.25, -0.2) is 0 Å². The maximum Gasteiger partial charge on any atom is 0.270 e. The maximum atomic E-state index is 12.3. The third-order valence-electron chi connectivity index (χ3n) is 4.30. The molecule has 0 saturated heterocycles. The molecule has 0 bridgehead atoms. The number of anilines is 2. The van der Waals surface area contributed by atoms with E-state index in [4.69, 9.17) is 16.4 Å². The number of aryl methyl sites for hydroxylation is 2. The minimum absolute atomic E-state index is 0.199. The van der Waals surface area contributed by atoms with Crippen molar-refractivity contribution in [3.05, 3.63) is 58.1 Å². The Bertz CT molecular complexity index is 888. The molecule has 1 aliphatic rings. The van der Waals surface area contributed by atoms with Crippen LogP contribution in [0, 0.1) is 13.8 Å². The van der Waals surface area contributed by atoms with Crippen molar-refractivity contribution in [2.24, 2.45) is 5.16 Å². The maximum absolute atomic E-state index is 12.3. The number of hydrogen-bond acceptors (Lipinski definition) is 4. The van der Waals surface area contributed by atoms with Gasteiger partial charge in [0.25, 0.3) is 11.8 Å². The Morgan fingerprint density at radius 2 is 2.07 bits per heavy atom. The molecule has 1 N–H and O–H groups in total. The van der Waals surface area contributed by atoms with Gasteiger partial charge >= 0.3 is 0 Å². The minimum atomic E-state index is -0.483. The average Bonchev–Trinajstić information content (AvgIpc) is 3.06. The largest absolute Gasteiger partial charge is 0.385 e. The van der Waals surface area contributed by atoms with Crippen LogP contribution >= 0.6 is 11.6 Å². The van der Waals surface area contributed by atoms with Gasteiger partial charge in [0.05, 0.1) is 10.7 Å². The highest BCUT2D eigenvalue weighted by Gasteiger charge is 2.24. The number of amides is 2. The first-order valence-electron chi connectivity index (χ1n) is 8.57. The molecule has 27 heavy (non-hydrogen) atoms. The summed E-state index contributed by atoms with van der Waals surface area (Å²) >= 11 is 6.16. The highest BCUT2D eigenvalue weighted by atomic mass is 35.5. The molecule has 2 amide bonds. The van der Waals surface area contributed by atoms with Gasteiger partial charge in [-0.3, -0.25) is 9.59 Å². The Morgan fingerprint density at radius 1 is 1.30 bits per heavy atom. The lowest BCUT2D eigenvalue weighted by atomic mass is 10.1. The van der Waals surface area contributed by atoms with Gasteiger partial charge in [0.1, 0.15) is 6.21 Å². The number of fused-ring (bicyclic) bond motifs is 1. The van der Waals surface area contributed by atoms with E-state index in [-0.39, 0.29) is 12.5 Å². The number of rotatable bonds is 5. The van der Waals surface area contributed by atoms with Crippen molar-refractivity contribution >= 4 is 41.0 Å². The highest BCUT2D eigenvalue weighted by Crippen LogP contribution is 2.28. The molecule has 0 saturated carbocycles. The normalized spacial score (nSPS) is 12.9. The molecule has 0 aliphatic carbocycles. The number of oxime groups is 1. The van der Waals surface area contributed by atoms with E-state index >= 15 is 0 Å². The number of carbonyl (C=O) groups excluding carboxylic acids is 2. The van der Waals surface area contributed by atoms with Crippen LogP contribution in [0.1, 0.15) is 16.7 Å². The lowest BCUT2D eigenvalue weighted by Crippen LogP contribution is -2.31. The van der Waals surface area contributed by atoms with E-state index in [2.05, 4.69) is 10.5 Å². The standard InChI is InChI=1S/C20H20ClN3O3/c1-13-9-14(2)20(16(21)10-13)23-18(25)11-22-27-12-19(26)24-8-7-15-5-3-4-6-17(15)24/h3-6,9-11H,7-8,12H2,1-2H3,(H,23,25)/b22-11+. The van der Waals surface area contributed by atoms with Gasteiger partial charge < -0.3 is 15.1 Å². The number of hydrogen-bond donors (Lipinski definition) is 1. The summed E-state index contributed by atoms with van der Waals surface area (Å²) in [5.74, 6) is -0.683. The van der Waals surface area contributed by atoms with E-state index in [1.54, 1.807) is 11.0 Å². The van der Waals surface area contributed by atoms with Crippen LogP contribution in [-0.4, -0.2) is 31.2 Å². The molecule has 0 radical (unpaired) electrons. The van der Waals surface area contributed by atoms with Gasteiger partial charge in [-0.1, -0.05) is 41.0 Å². The summed E-state index contributed by atoms with van der Waals surface area (Å²) in [6, 6.07) is 11.4. The Kier molecular flexibility index (Phi) is 5.76. The fraction of sp³-hybridized carbons (Fsp3) is 0.250. The minimum Gasteiger partial charge on any atom is -0.385 e. The summed E-state index contributed by atoms with van der Waals surface area (Å²) in [7, 11) is 0. The first-order chi connectivity index (χ1) is 13.0. The van der Waals surface area contributed by atoms with Gasteiger partial charge in [0, 0.05) is 12.2 Å². The van der Waals surface area contributed by atoms with Crippen molar-refractivity contribution < 1.29 is 14.4 Å². The molecule has 140 valence electrons. The Hall–Kier alpha value is -2.86. The zero-order valence-electron chi connectivity index (χ0n) is 15.2. The van der Waals surface area contributed by atoms with E-state index in [0.29, 0.717) is 17.3 Å². The van der Waals surface area contributed by atoms with Crippen LogP contribution in [-0.2, 0) is 20.8 Å². The molecular weight excluding hydrogens is 366 g/mol. The molecule has 1 aliphatic heterocycles. The van der Waals surface area contributed by atoms with E-state index in [0.717, 1.165) is 35.0 Å².